The third-order valence-electron chi connectivity index (χ3n) is 5.48. The fourth-order valence-corrected chi connectivity index (χ4v) is 3.96. The van der Waals surface area contributed by atoms with Crippen LogP contribution in [0, 0.1) is 24.0 Å². The molecule has 1 aliphatic rings. The summed E-state index contributed by atoms with van der Waals surface area (Å²) in [6.45, 7) is 9.36. The van der Waals surface area contributed by atoms with Crippen LogP contribution < -0.4 is 15.0 Å². The van der Waals surface area contributed by atoms with E-state index >= 15 is 0 Å². The highest BCUT2D eigenvalue weighted by Gasteiger charge is 2.24. The maximum absolute atomic E-state index is 14.9. The molecule has 5 nitrogen and oxygen atoms in total. The number of hydrogen-bond acceptors (Lipinski definition) is 4. The van der Waals surface area contributed by atoms with Gasteiger partial charge in [0.1, 0.15) is 17.4 Å². The van der Waals surface area contributed by atoms with E-state index in [0.717, 1.165) is 11.3 Å². The number of rotatable bonds is 5. The maximum atomic E-state index is 14.9. The Kier molecular flexibility index (Phi) is 7.39. The van der Waals surface area contributed by atoms with Crippen LogP contribution in [-0.4, -0.2) is 32.7 Å². The number of hydrogen-bond donors (Lipinski definition) is 1. The van der Waals surface area contributed by atoms with Gasteiger partial charge in [0.25, 0.3) is 0 Å². The molecule has 0 aromatic heterocycles. The van der Waals surface area contributed by atoms with Crippen molar-refractivity contribution >= 4 is 17.3 Å². The van der Waals surface area contributed by atoms with E-state index in [4.69, 9.17) is 9.47 Å². The molecule has 2 aromatic rings. The lowest BCUT2D eigenvalue weighted by Gasteiger charge is -2.24. The van der Waals surface area contributed by atoms with Gasteiger partial charge < -0.3 is 19.7 Å². The summed E-state index contributed by atoms with van der Waals surface area (Å²) < 4.78 is 39.8. The molecule has 174 valence electrons. The van der Waals surface area contributed by atoms with Crippen molar-refractivity contribution in [1.82, 2.24) is 0 Å². The highest BCUT2D eigenvalue weighted by atomic mass is 19.1. The van der Waals surface area contributed by atoms with Crippen LogP contribution >= 0.6 is 0 Å². The quantitative estimate of drug-likeness (QED) is 0.647. The molecule has 1 fully saturated rings. The molecule has 1 atom stereocenters. The second-order valence-electron chi connectivity index (χ2n) is 9.43. The van der Waals surface area contributed by atoms with Crippen LogP contribution in [0.2, 0.25) is 0 Å². The van der Waals surface area contributed by atoms with Gasteiger partial charge in [-0.15, -0.1) is 0 Å². The number of nitrogens with one attached hydrogen (secondary N) is 1. The average Bonchev–Trinajstić information content (AvgIpc) is 2.95. The SMILES string of the molecule is COc1cc(F)ccc1C1CCN(c2cc(C)c(NC(=O)CC(C)(C)C)c(F)c2)CCO1. The van der Waals surface area contributed by atoms with E-state index in [1.165, 1.54) is 25.3 Å². The summed E-state index contributed by atoms with van der Waals surface area (Å²) >= 11 is 0. The predicted octanol–water partition coefficient (Wildman–Crippen LogP) is 5.62. The van der Waals surface area contributed by atoms with Gasteiger partial charge in [0.15, 0.2) is 0 Å². The first-order valence-corrected chi connectivity index (χ1v) is 10.9. The van der Waals surface area contributed by atoms with E-state index < -0.39 is 5.82 Å². The predicted molar refractivity (Wildman–Crippen MR) is 122 cm³/mol. The van der Waals surface area contributed by atoms with Gasteiger partial charge in [0, 0.05) is 36.8 Å². The van der Waals surface area contributed by atoms with Gasteiger partial charge in [-0.05, 0) is 48.6 Å². The van der Waals surface area contributed by atoms with Crippen molar-refractivity contribution in [2.45, 2.75) is 46.6 Å². The molecule has 32 heavy (non-hydrogen) atoms. The Balaban J connectivity index is 1.73. The summed E-state index contributed by atoms with van der Waals surface area (Å²) in [4.78, 5) is 14.3. The zero-order valence-corrected chi connectivity index (χ0v) is 19.4. The molecule has 1 amide bonds. The summed E-state index contributed by atoms with van der Waals surface area (Å²) in [6, 6.07) is 7.78. The first-order chi connectivity index (χ1) is 15.1. The number of carbonyl (C=O) groups excluding carboxylic acids is 1. The molecule has 0 saturated carbocycles. The standard InChI is InChI=1S/C25H32F2N2O3/c1-16-12-18(14-20(27)24(16)28-23(30)15-25(2,3)4)29-9-8-21(32-11-10-29)19-7-6-17(26)13-22(19)31-5/h6-7,12-14,21H,8-11,15H2,1-5H3,(H,28,30). The molecular formula is C25H32F2N2O3. The first kappa shape index (κ1) is 24.0. The van der Waals surface area contributed by atoms with E-state index in [1.54, 1.807) is 13.0 Å². The van der Waals surface area contributed by atoms with Crippen LogP contribution in [0.5, 0.6) is 5.75 Å². The maximum Gasteiger partial charge on any atom is 0.224 e. The van der Waals surface area contributed by atoms with Crippen LogP contribution in [0.15, 0.2) is 30.3 Å². The molecule has 2 aromatic carbocycles. The number of anilines is 2. The Morgan fingerprint density at radius 1 is 1.22 bits per heavy atom. The molecule has 1 heterocycles. The second-order valence-corrected chi connectivity index (χ2v) is 9.43. The van der Waals surface area contributed by atoms with Crippen molar-refractivity contribution in [1.29, 1.82) is 0 Å². The van der Waals surface area contributed by atoms with Gasteiger partial charge in [-0.3, -0.25) is 4.79 Å². The first-order valence-electron chi connectivity index (χ1n) is 10.9. The minimum Gasteiger partial charge on any atom is -0.496 e. The number of amides is 1. The topological polar surface area (TPSA) is 50.8 Å². The smallest absolute Gasteiger partial charge is 0.224 e. The lowest BCUT2D eigenvalue weighted by Crippen LogP contribution is -2.26. The number of benzene rings is 2. The Bertz CT molecular complexity index is 949. The highest BCUT2D eigenvalue weighted by Crippen LogP contribution is 2.34. The van der Waals surface area contributed by atoms with Crippen LogP contribution in [0.1, 0.15) is 50.8 Å². The molecule has 0 aliphatic carbocycles. The van der Waals surface area contributed by atoms with Crippen LogP contribution in [0.4, 0.5) is 20.2 Å². The molecule has 1 unspecified atom stereocenters. The Hall–Kier alpha value is -2.67. The number of carbonyl (C=O) groups is 1. The average molecular weight is 447 g/mol. The van der Waals surface area contributed by atoms with E-state index in [2.05, 4.69) is 10.2 Å². The van der Waals surface area contributed by atoms with Crippen molar-refractivity contribution in [3.05, 3.63) is 53.1 Å². The molecule has 1 aliphatic heterocycles. The fourth-order valence-electron chi connectivity index (χ4n) is 3.96. The minimum atomic E-state index is -0.454. The summed E-state index contributed by atoms with van der Waals surface area (Å²) in [5, 5.41) is 2.72. The van der Waals surface area contributed by atoms with Gasteiger partial charge in [0.05, 0.1) is 25.5 Å². The van der Waals surface area contributed by atoms with Crippen LogP contribution in [0.3, 0.4) is 0 Å². The minimum absolute atomic E-state index is 0.176. The van der Waals surface area contributed by atoms with Gasteiger partial charge in [-0.1, -0.05) is 20.8 Å². The van der Waals surface area contributed by atoms with Gasteiger partial charge in [-0.2, -0.15) is 0 Å². The number of halogens is 2. The summed E-state index contributed by atoms with van der Waals surface area (Å²) in [5.41, 5.74) is 2.26. The number of methoxy groups -OCH3 is 1. The molecule has 1 saturated heterocycles. The molecule has 1 N–H and O–H groups in total. The number of nitrogens with zero attached hydrogens (tertiary/aromatic N) is 1. The highest BCUT2D eigenvalue weighted by molar-refractivity contribution is 5.92. The van der Waals surface area contributed by atoms with Gasteiger partial charge in [-0.25, -0.2) is 8.78 Å². The zero-order chi connectivity index (χ0) is 23.5. The van der Waals surface area contributed by atoms with Crippen molar-refractivity contribution < 1.29 is 23.0 Å². The van der Waals surface area contributed by atoms with Crippen molar-refractivity contribution in [2.75, 3.05) is 37.0 Å². The number of ether oxygens (including phenoxy) is 2. The van der Waals surface area contributed by atoms with Crippen molar-refractivity contribution in [3.8, 4) is 5.75 Å². The Labute approximate surface area is 188 Å². The third-order valence-corrected chi connectivity index (χ3v) is 5.48. The summed E-state index contributed by atoms with van der Waals surface area (Å²) in [6.07, 6.45) is 0.718. The van der Waals surface area contributed by atoms with Gasteiger partial charge in [0.2, 0.25) is 5.91 Å². The lowest BCUT2D eigenvalue weighted by molar-refractivity contribution is -0.117. The van der Waals surface area contributed by atoms with Gasteiger partial charge >= 0.3 is 0 Å². The molecule has 0 spiro atoms. The number of aryl methyl sites for hydroxylation is 1. The van der Waals surface area contributed by atoms with E-state index in [-0.39, 0.29) is 28.9 Å². The van der Waals surface area contributed by atoms with E-state index in [9.17, 15) is 13.6 Å². The lowest BCUT2D eigenvalue weighted by atomic mass is 9.92. The molecule has 3 rings (SSSR count). The molecular weight excluding hydrogens is 414 g/mol. The molecule has 7 heteroatoms. The van der Waals surface area contributed by atoms with E-state index in [1.807, 2.05) is 26.8 Å². The normalized spacial score (nSPS) is 17.1. The second kappa shape index (κ2) is 9.86. The Morgan fingerprint density at radius 2 is 1.97 bits per heavy atom. The van der Waals surface area contributed by atoms with Crippen molar-refractivity contribution in [3.63, 3.8) is 0 Å². The van der Waals surface area contributed by atoms with Crippen LogP contribution in [0.25, 0.3) is 0 Å². The fraction of sp³-hybridized carbons (Fsp3) is 0.480. The molecule has 0 radical (unpaired) electrons. The third kappa shape index (κ3) is 5.97. The summed E-state index contributed by atoms with van der Waals surface area (Å²) in [5.74, 6) is -0.558. The van der Waals surface area contributed by atoms with E-state index in [0.29, 0.717) is 43.9 Å². The van der Waals surface area contributed by atoms with Crippen LogP contribution in [-0.2, 0) is 9.53 Å². The summed E-state index contributed by atoms with van der Waals surface area (Å²) in [7, 11) is 1.51. The zero-order valence-electron chi connectivity index (χ0n) is 19.4. The largest absolute Gasteiger partial charge is 0.496 e. The Morgan fingerprint density at radius 3 is 2.62 bits per heavy atom. The molecule has 0 bridgehead atoms. The monoisotopic (exact) mass is 446 g/mol. The van der Waals surface area contributed by atoms with Crippen molar-refractivity contribution in [2.24, 2.45) is 5.41 Å².